The zero-order valence-electron chi connectivity index (χ0n) is 10.4. The van der Waals surface area contributed by atoms with Crippen molar-refractivity contribution >= 4 is 17.6 Å². The van der Waals surface area contributed by atoms with Crippen LogP contribution in [0.25, 0.3) is 11.1 Å². The summed E-state index contributed by atoms with van der Waals surface area (Å²) in [5.74, 6) is -0.378. The van der Waals surface area contributed by atoms with E-state index in [-0.39, 0.29) is 23.6 Å². The molecule has 1 heterocycles. The molecule has 2 aromatic rings. The summed E-state index contributed by atoms with van der Waals surface area (Å²) >= 11 is 0. The molecule has 0 unspecified atom stereocenters. The third-order valence-corrected chi connectivity index (χ3v) is 2.81. The molecule has 0 bridgehead atoms. The predicted octanol–water partition coefficient (Wildman–Crippen LogP) is 0.485. The van der Waals surface area contributed by atoms with Crippen LogP contribution < -0.4 is 21.9 Å². The molecule has 0 saturated carbocycles. The second-order valence-electron chi connectivity index (χ2n) is 4.10. The number of hydrogen-bond acceptors (Lipinski definition) is 5. The molecule has 1 aromatic carbocycles. The first-order valence-electron chi connectivity index (χ1n) is 5.72. The van der Waals surface area contributed by atoms with E-state index in [1.165, 1.54) is 18.3 Å². The maximum absolute atomic E-state index is 13.9. The highest BCUT2D eigenvalue weighted by atomic mass is 19.1. The summed E-state index contributed by atoms with van der Waals surface area (Å²) in [6.07, 6.45) is 0.0180. The minimum absolute atomic E-state index is 0.164. The van der Waals surface area contributed by atoms with Crippen LogP contribution in [0, 0.1) is 5.82 Å². The van der Waals surface area contributed by atoms with Crippen molar-refractivity contribution in [3.63, 3.8) is 0 Å². The van der Waals surface area contributed by atoms with Crippen molar-refractivity contribution in [3.8, 4) is 11.1 Å². The van der Waals surface area contributed by atoms with Gasteiger partial charge in [0.2, 0.25) is 0 Å². The maximum Gasteiger partial charge on any atom is 0.147 e. The number of halogens is 1. The van der Waals surface area contributed by atoms with Gasteiger partial charge in [-0.2, -0.15) is 0 Å². The number of anilines is 2. The maximum atomic E-state index is 13.9. The predicted molar refractivity (Wildman–Crippen MR) is 70.7 cm³/mol. The van der Waals surface area contributed by atoms with Crippen molar-refractivity contribution in [1.82, 2.24) is 10.3 Å². The number of carboxylic acid groups (broad SMARTS) is 1. The minimum Gasteiger partial charge on any atom is -0.530 e. The first kappa shape index (κ1) is 13.6. The number of nitrogens with one attached hydrogen (secondary N) is 1. The number of aromatic nitrogens is 1. The summed E-state index contributed by atoms with van der Waals surface area (Å²) in [6.45, 7) is -0.164. The average Bonchev–Trinajstić information content (AvgIpc) is 2.40. The number of nitrogens with two attached hydrogens (primary N) is 2. The van der Waals surface area contributed by atoms with Gasteiger partial charge in [-0.1, -0.05) is 12.1 Å². The Labute approximate surface area is 114 Å². The van der Waals surface area contributed by atoms with E-state index in [4.69, 9.17) is 11.5 Å². The van der Waals surface area contributed by atoms with Gasteiger partial charge in [-0.05, 0) is 17.7 Å². The highest BCUT2D eigenvalue weighted by molar-refractivity contribution is 5.82. The molecule has 1 aromatic heterocycles. The summed E-state index contributed by atoms with van der Waals surface area (Å²) in [6, 6.07) is 5.98. The molecule has 104 valence electrons. The number of rotatable bonds is 3. The second kappa shape index (κ2) is 5.43. The van der Waals surface area contributed by atoms with E-state index >= 15 is 0 Å². The van der Waals surface area contributed by atoms with Gasteiger partial charge in [0, 0.05) is 23.9 Å². The number of hydrogen-bond donors (Lipinski definition) is 3. The molecule has 0 aliphatic rings. The van der Waals surface area contributed by atoms with Gasteiger partial charge in [-0.3, -0.25) is 0 Å². The summed E-state index contributed by atoms with van der Waals surface area (Å²) in [5, 5.41) is 12.3. The van der Waals surface area contributed by atoms with Crippen LogP contribution in [-0.4, -0.2) is 11.1 Å². The van der Waals surface area contributed by atoms with Crippen LogP contribution in [0.5, 0.6) is 0 Å². The molecule has 7 heteroatoms. The third kappa shape index (κ3) is 2.77. The molecule has 0 spiro atoms. The monoisotopic (exact) mass is 275 g/mol. The fourth-order valence-corrected chi connectivity index (χ4v) is 1.77. The third-order valence-electron chi connectivity index (χ3n) is 2.81. The molecular weight excluding hydrogens is 263 g/mol. The Morgan fingerprint density at radius 2 is 2.10 bits per heavy atom. The summed E-state index contributed by atoms with van der Waals surface area (Å²) in [4.78, 5) is 14.1. The van der Waals surface area contributed by atoms with Crippen molar-refractivity contribution in [1.29, 1.82) is 0 Å². The summed E-state index contributed by atoms with van der Waals surface area (Å²) < 4.78 is 13.9. The number of nitrogens with zero attached hydrogens (tertiary/aromatic N) is 1. The molecular formula is C13H12FN4O2-. The van der Waals surface area contributed by atoms with Gasteiger partial charge in [0.05, 0.1) is 5.69 Å². The molecule has 6 nitrogen and oxygen atoms in total. The number of pyridine rings is 1. The van der Waals surface area contributed by atoms with Crippen LogP contribution in [0.2, 0.25) is 0 Å². The Bertz CT molecular complexity index is 661. The first-order chi connectivity index (χ1) is 9.49. The van der Waals surface area contributed by atoms with Gasteiger partial charge in [0.1, 0.15) is 17.7 Å². The molecule has 0 aliphatic heterocycles. The lowest BCUT2D eigenvalue weighted by atomic mass is 10.0. The normalized spacial score (nSPS) is 10.2. The van der Waals surface area contributed by atoms with E-state index in [0.29, 0.717) is 11.1 Å². The Morgan fingerprint density at radius 1 is 1.35 bits per heavy atom. The topological polar surface area (TPSA) is 117 Å². The smallest absolute Gasteiger partial charge is 0.147 e. The number of benzene rings is 1. The minimum atomic E-state index is -1.46. The highest BCUT2D eigenvalue weighted by Gasteiger charge is 2.09. The van der Waals surface area contributed by atoms with Crippen molar-refractivity contribution in [2.75, 3.05) is 11.5 Å². The molecule has 2 rings (SSSR count). The SMILES string of the molecule is Nc1nccc(-c2ccc(CNC(=O)[O-])c(F)c2)c1N. The van der Waals surface area contributed by atoms with Crippen molar-refractivity contribution in [2.24, 2.45) is 0 Å². The van der Waals surface area contributed by atoms with Crippen LogP contribution in [0.3, 0.4) is 0 Å². The van der Waals surface area contributed by atoms with Crippen molar-refractivity contribution in [3.05, 3.63) is 41.8 Å². The van der Waals surface area contributed by atoms with Crippen LogP contribution >= 0.6 is 0 Å². The lowest BCUT2D eigenvalue weighted by Crippen LogP contribution is -2.36. The molecule has 0 saturated heterocycles. The van der Waals surface area contributed by atoms with E-state index in [9.17, 15) is 14.3 Å². The van der Waals surface area contributed by atoms with Gasteiger partial charge < -0.3 is 26.7 Å². The number of amides is 1. The van der Waals surface area contributed by atoms with Crippen molar-refractivity contribution < 1.29 is 14.3 Å². The van der Waals surface area contributed by atoms with E-state index in [2.05, 4.69) is 4.98 Å². The van der Waals surface area contributed by atoms with E-state index < -0.39 is 11.9 Å². The molecule has 5 N–H and O–H groups in total. The van der Waals surface area contributed by atoms with Gasteiger partial charge in [-0.15, -0.1) is 0 Å². The Kier molecular flexibility index (Phi) is 3.69. The zero-order chi connectivity index (χ0) is 14.7. The number of nitrogen functional groups attached to an aromatic ring is 2. The fraction of sp³-hybridized carbons (Fsp3) is 0.0769. The molecule has 0 fully saturated rings. The summed E-state index contributed by atoms with van der Waals surface area (Å²) in [7, 11) is 0. The lowest BCUT2D eigenvalue weighted by Gasteiger charge is -2.11. The van der Waals surface area contributed by atoms with Gasteiger partial charge in [0.25, 0.3) is 0 Å². The van der Waals surface area contributed by atoms with Crippen molar-refractivity contribution in [2.45, 2.75) is 6.54 Å². The molecule has 0 atom stereocenters. The standard InChI is InChI=1S/C13H13FN4O2/c14-10-5-7(1-2-8(10)6-18-13(19)20)9-3-4-17-12(16)11(9)15/h1-5,18H,6,15H2,(H2,16,17)(H,19,20)/p-1. The van der Waals surface area contributed by atoms with E-state index in [0.717, 1.165) is 0 Å². The Morgan fingerprint density at radius 3 is 2.75 bits per heavy atom. The number of carbonyl (C=O) groups excluding carboxylic acids is 1. The zero-order valence-corrected chi connectivity index (χ0v) is 10.4. The average molecular weight is 275 g/mol. The quantitative estimate of drug-likeness (QED) is 0.753. The number of carbonyl (C=O) groups is 1. The van der Waals surface area contributed by atoms with Crippen LogP contribution in [0.4, 0.5) is 20.7 Å². The van der Waals surface area contributed by atoms with Gasteiger partial charge in [0.15, 0.2) is 0 Å². The lowest BCUT2D eigenvalue weighted by molar-refractivity contribution is -0.251. The van der Waals surface area contributed by atoms with E-state index in [1.807, 2.05) is 5.32 Å². The van der Waals surface area contributed by atoms with Crippen LogP contribution in [-0.2, 0) is 6.54 Å². The Hall–Kier alpha value is -2.83. The van der Waals surface area contributed by atoms with Gasteiger partial charge >= 0.3 is 0 Å². The first-order valence-corrected chi connectivity index (χ1v) is 5.72. The molecule has 0 radical (unpaired) electrons. The molecule has 1 amide bonds. The second-order valence-corrected chi connectivity index (χ2v) is 4.10. The summed E-state index contributed by atoms with van der Waals surface area (Å²) in [5.41, 5.74) is 13.0. The Balaban J connectivity index is 2.33. The highest BCUT2D eigenvalue weighted by Crippen LogP contribution is 2.29. The largest absolute Gasteiger partial charge is 0.530 e. The fourth-order valence-electron chi connectivity index (χ4n) is 1.77. The molecule has 20 heavy (non-hydrogen) atoms. The van der Waals surface area contributed by atoms with E-state index in [1.54, 1.807) is 12.1 Å². The van der Waals surface area contributed by atoms with Crippen LogP contribution in [0.15, 0.2) is 30.5 Å². The van der Waals surface area contributed by atoms with Gasteiger partial charge in [-0.25, -0.2) is 9.37 Å². The molecule has 0 aliphatic carbocycles. The van der Waals surface area contributed by atoms with Crippen LogP contribution in [0.1, 0.15) is 5.56 Å².